The van der Waals surface area contributed by atoms with Crippen molar-refractivity contribution in [3.8, 4) is 0 Å². The molecule has 1 saturated heterocycles. The smallest absolute Gasteiger partial charge is 0.223 e. The summed E-state index contributed by atoms with van der Waals surface area (Å²) in [5.41, 5.74) is 8.94. The van der Waals surface area contributed by atoms with Crippen molar-refractivity contribution in [3.63, 3.8) is 0 Å². The molecule has 1 fully saturated rings. The molecular formula is C21H30N6O. The Labute approximate surface area is 166 Å². The number of nitrogen functional groups attached to an aromatic ring is 1. The molecule has 28 heavy (non-hydrogen) atoms. The summed E-state index contributed by atoms with van der Waals surface area (Å²) in [5, 5.41) is 3.02. The number of pyridine rings is 1. The highest BCUT2D eigenvalue weighted by atomic mass is 16.1. The van der Waals surface area contributed by atoms with E-state index in [0.29, 0.717) is 12.5 Å². The Balaban J connectivity index is 1.60. The maximum Gasteiger partial charge on any atom is 0.223 e. The van der Waals surface area contributed by atoms with Crippen molar-refractivity contribution >= 4 is 17.7 Å². The van der Waals surface area contributed by atoms with Gasteiger partial charge in [-0.15, -0.1) is 0 Å². The zero-order chi connectivity index (χ0) is 19.9. The van der Waals surface area contributed by atoms with Crippen LogP contribution in [0.3, 0.4) is 0 Å². The van der Waals surface area contributed by atoms with Crippen LogP contribution >= 0.6 is 0 Å². The fraction of sp³-hybridized carbons (Fsp3) is 0.524. The Morgan fingerprint density at radius 2 is 2.07 bits per heavy atom. The van der Waals surface area contributed by atoms with Crippen LogP contribution < -0.4 is 16.0 Å². The van der Waals surface area contributed by atoms with Crippen LogP contribution in [0.5, 0.6) is 0 Å². The van der Waals surface area contributed by atoms with Gasteiger partial charge in [0.1, 0.15) is 5.82 Å². The van der Waals surface area contributed by atoms with Gasteiger partial charge in [-0.2, -0.15) is 4.98 Å². The van der Waals surface area contributed by atoms with Crippen molar-refractivity contribution in [3.05, 3.63) is 41.3 Å². The largest absolute Gasteiger partial charge is 0.368 e. The van der Waals surface area contributed by atoms with Gasteiger partial charge in [0, 0.05) is 36.5 Å². The van der Waals surface area contributed by atoms with Crippen LogP contribution in [0.15, 0.2) is 24.4 Å². The minimum Gasteiger partial charge on any atom is -0.368 e. The summed E-state index contributed by atoms with van der Waals surface area (Å²) in [6.45, 7) is 6.27. The van der Waals surface area contributed by atoms with E-state index in [-0.39, 0.29) is 11.8 Å². The lowest BCUT2D eigenvalue weighted by Crippen LogP contribution is -2.41. The fourth-order valence-electron chi connectivity index (χ4n) is 3.69. The van der Waals surface area contributed by atoms with Crippen LogP contribution in [0.4, 0.5) is 11.8 Å². The molecule has 0 spiro atoms. The fourth-order valence-corrected chi connectivity index (χ4v) is 3.69. The molecule has 0 radical (unpaired) electrons. The van der Waals surface area contributed by atoms with Crippen molar-refractivity contribution in [2.45, 2.75) is 52.5 Å². The summed E-state index contributed by atoms with van der Waals surface area (Å²) >= 11 is 0. The van der Waals surface area contributed by atoms with E-state index < -0.39 is 0 Å². The number of hydrogen-bond acceptors (Lipinski definition) is 6. The predicted octanol–water partition coefficient (Wildman–Crippen LogP) is 2.64. The van der Waals surface area contributed by atoms with Gasteiger partial charge in [0.2, 0.25) is 11.9 Å². The summed E-state index contributed by atoms with van der Waals surface area (Å²) in [5.74, 6) is 1.41. The minimum atomic E-state index is 0.0272. The van der Waals surface area contributed by atoms with Crippen LogP contribution in [-0.2, 0) is 17.8 Å². The van der Waals surface area contributed by atoms with E-state index in [1.54, 1.807) is 6.20 Å². The first-order valence-electron chi connectivity index (χ1n) is 10.1. The van der Waals surface area contributed by atoms with Crippen LogP contribution in [0.2, 0.25) is 0 Å². The molecule has 3 heterocycles. The predicted molar refractivity (Wildman–Crippen MR) is 111 cm³/mol. The van der Waals surface area contributed by atoms with Gasteiger partial charge in [-0.25, -0.2) is 4.98 Å². The van der Waals surface area contributed by atoms with E-state index in [1.807, 2.05) is 25.1 Å². The van der Waals surface area contributed by atoms with Gasteiger partial charge >= 0.3 is 0 Å². The lowest BCUT2D eigenvalue weighted by molar-refractivity contribution is -0.125. The first-order chi connectivity index (χ1) is 13.6. The lowest BCUT2D eigenvalue weighted by Gasteiger charge is -2.33. The first kappa shape index (κ1) is 20.0. The maximum absolute atomic E-state index is 12.5. The highest BCUT2D eigenvalue weighted by Crippen LogP contribution is 2.28. The van der Waals surface area contributed by atoms with Crippen molar-refractivity contribution in [2.24, 2.45) is 5.92 Å². The summed E-state index contributed by atoms with van der Waals surface area (Å²) in [6.07, 6.45) is 6.55. The van der Waals surface area contributed by atoms with Crippen LogP contribution in [0.25, 0.3) is 0 Å². The molecule has 1 amide bonds. The molecule has 0 aliphatic carbocycles. The zero-order valence-corrected chi connectivity index (χ0v) is 16.8. The summed E-state index contributed by atoms with van der Waals surface area (Å²) in [4.78, 5) is 27.9. The second-order valence-electron chi connectivity index (χ2n) is 7.37. The van der Waals surface area contributed by atoms with Crippen LogP contribution in [-0.4, -0.2) is 33.9 Å². The number of carbonyl (C=O) groups is 1. The number of piperidine rings is 1. The van der Waals surface area contributed by atoms with Gasteiger partial charge in [-0.05, 0) is 44.7 Å². The number of aryl methyl sites for hydroxylation is 1. The molecule has 0 aromatic carbocycles. The Morgan fingerprint density at radius 1 is 1.29 bits per heavy atom. The van der Waals surface area contributed by atoms with Crippen molar-refractivity contribution in [1.29, 1.82) is 0 Å². The van der Waals surface area contributed by atoms with E-state index in [4.69, 9.17) is 5.73 Å². The molecule has 0 atom stereocenters. The summed E-state index contributed by atoms with van der Waals surface area (Å²) in [7, 11) is 0. The van der Waals surface area contributed by atoms with Gasteiger partial charge in [0.05, 0.1) is 12.2 Å². The number of hydrogen-bond donors (Lipinski definition) is 2. The van der Waals surface area contributed by atoms with Gasteiger partial charge in [-0.3, -0.25) is 9.78 Å². The third-order valence-electron chi connectivity index (χ3n) is 5.32. The molecule has 150 valence electrons. The number of rotatable bonds is 7. The van der Waals surface area contributed by atoms with E-state index in [1.165, 1.54) is 5.56 Å². The highest BCUT2D eigenvalue weighted by Gasteiger charge is 2.27. The molecular weight excluding hydrogens is 352 g/mol. The number of nitrogens with two attached hydrogens (primary N) is 1. The third-order valence-corrected chi connectivity index (χ3v) is 5.32. The molecule has 0 saturated carbocycles. The molecule has 3 rings (SSSR count). The molecule has 7 nitrogen and oxygen atoms in total. The van der Waals surface area contributed by atoms with Gasteiger partial charge in [0.15, 0.2) is 0 Å². The SMILES string of the molecule is CCCCc1c(C)nc(N)nc1N1CCC(C(=O)NCc2ccccn2)CC1. The molecule has 7 heteroatoms. The van der Waals surface area contributed by atoms with Crippen molar-refractivity contribution < 1.29 is 4.79 Å². The molecule has 0 bridgehead atoms. The van der Waals surface area contributed by atoms with E-state index in [2.05, 4.69) is 32.1 Å². The average Bonchev–Trinajstić information content (AvgIpc) is 2.72. The summed E-state index contributed by atoms with van der Waals surface area (Å²) in [6, 6.07) is 5.72. The van der Waals surface area contributed by atoms with Gasteiger partial charge in [-0.1, -0.05) is 19.4 Å². The average molecular weight is 383 g/mol. The van der Waals surface area contributed by atoms with Crippen LogP contribution in [0, 0.1) is 12.8 Å². The number of unbranched alkanes of at least 4 members (excludes halogenated alkanes) is 1. The molecule has 1 aliphatic heterocycles. The Kier molecular flexibility index (Phi) is 6.79. The number of carbonyl (C=O) groups excluding carboxylic acids is 1. The maximum atomic E-state index is 12.5. The number of amides is 1. The molecule has 3 N–H and O–H groups in total. The highest BCUT2D eigenvalue weighted by molar-refractivity contribution is 5.79. The van der Waals surface area contributed by atoms with Crippen LogP contribution in [0.1, 0.15) is 49.6 Å². The normalized spacial score (nSPS) is 14.9. The number of nitrogens with zero attached hydrogens (tertiary/aromatic N) is 4. The number of anilines is 2. The van der Waals surface area contributed by atoms with Gasteiger partial charge in [0.25, 0.3) is 0 Å². The van der Waals surface area contributed by atoms with Gasteiger partial charge < -0.3 is 16.0 Å². The molecule has 0 unspecified atom stereocenters. The number of nitrogens with one attached hydrogen (secondary N) is 1. The first-order valence-corrected chi connectivity index (χ1v) is 10.1. The van der Waals surface area contributed by atoms with E-state index in [0.717, 1.165) is 62.4 Å². The standard InChI is InChI=1S/C21H30N6O/c1-3-4-8-18-15(2)25-21(22)26-19(18)27-12-9-16(10-13-27)20(28)24-14-17-7-5-6-11-23-17/h5-7,11,16H,3-4,8-10,12-14H2,1-2H3,(H,24,28)(H2,22,25,26). The van der Waals surface area contributed by atoms with Crippen molar-refractivity contribution in [2.75, 3.05) is 23.7 Å². The molecule has 1 aliphatic rings. The Morgan fingerprint density at radius 3 is 2.75 bits per heavy atom. The Hall–Kier alpha value is -2.70. The monoisotopic (exact) mass is 382 g/mol. The Bertz CT molecular complexity index is 787. The van der Waals surface area contributed by atoms with E-state index >= 15 is 0 Å². The minimum absolute atomic E-state index is 0.0272. The lowest BCUT2D eigenvalue weighted by atomic mass is 9.95. The van der Waals surface area contributed by atoms with E-state index in [9.17, 15) is 4.79 Å². The second kappa shape index (κ2) is 9.48. The zero-order valence-electron chi connectivity index (χ0n) is 16.8. The quantitative estimate of drug-likeness (QED) is 0.764. The third kappa shape index (κ3) is 4.97. The van der Waals surface area contributed by atoms with Crippen molar-refractivity contribution in [1.82, 2.24) is 20.3 Å². The molecule has 2 aromatic rings. The number of aromatic nitrogens is 3. The second-order valence-corrected chi connectivity index (χ2v) is 7.37. The summed E-state index contributed by atoms with van der Waals surface area (Å²) < 4.78 is 0. The topological polar surface area (TPSA) is 97.0 Å². The molecule has 2 aromatic heterocycles.